The van der Waals surface area contributed by atoms with Crippen molar-refractivity contribution in [2.75, 3.05) is 46.5 Å². The lowest BCUT2D eigenvalue weighted by Gasteiger charge is -2.35. The van der Waals surface area contributed by atoms with Crippen LogP contribution >= 0.6 is 0 Å². The third kappa shape index (κ3) is 5.80. The number of carbonyl (C=O) groups excluding carboxylic acids is 2. The van der Waals surface area contributed by atoms with Crippen molar-refractivity contribution in [3.63, 3.8) is 0 Å². The van der Waals surface area contributed by atoms with Crippen molar-refractivity contribution in [2.24, 2.45) is 0 Å². The van der Waals surface area contributed by atoms with Crippen molar-refractivity contribution in [1.82, 2.24) is 15.0 Å². The highest BCUT2D eigenvalue weighted by atomic mass is 19.4. The summed E-state index contributed by atoms with van der Waals surface area (Å²) < 4.78 is 39.3. The van der Waals surface area contributed by atoms with Crippen LogP contribution in [0.4, 0.5) is 52.6 Å². The second-order valence-corrected chi connectivity index (χ2v) is 9.93. The van der Waals surface area contributed by atoms with Crippen LogP contribution in [0, 0.1) is 6.92 Å². The molecule has 2 N–H and O–H groups in total. The van der Waals surface area contributed by atoms with Crippen LogP contribution in [0.1, 0.15) is 27.0 Å². The zero-order valence-electron chi connectivity index (χ0n) is 23.2. The lowest BCUT2D eigenvalue weighted by atomic mass is 10.1. The molecule has 0 saturated heterocycles. The fraction of sp³-hybridized carbons (Fsp3) is 0.207. The average Bonchev–Trinajstić information content (AvgIpc) is 2.96. The number of anilines is 6. The maximum atomic E-state index is 13.5. The van der Waals surface area contributed by atoms with E-state index in [-0.39, 0.29) is 18.1 Å². The number of nitrogens with zero attached hydrogens (tertiary/aromatic N) is 6. The van der Waals surface area contributed by atoms with Crippen molar-refractivity contribution >= 4 is 46.6 Å². The molecule has 1 aliphatic rings. The minimum Gasteiger partial charge on any atom is -0.363 e. The van der Waals surface area contributed by atoms with E-state index in [9.17, 15) is 22.8 Å². The third-order valence-electron chi connectivity index (χ3n) is 6.68. The molecule has 0 bridgehead atoms. The molecule has 0 aliphatic carbocycles. The Balaban J connectivity index is 1.37. The summed E-state index contributed by atoms with van der Waals surface area (Å²) in [6.07, 6.45) is -1.26. The van der Waals surface area contributed by atoms with Crippen LogP contribution in [0.15, 0.2) is 67.0 Å². The minimum absolute atomic E-state index is 0.138. The predicted octanol–water partition coefficient (Wildman–Crippen LogP) is 5.84. The molecule has 2 aromatic heterocycles. The van der Waals surface area contributed by atoms with Gasteiger partial charge in [-0.1, -0.05) is 12.1 Å². The van der Waals surface area contributed by atoms with Gasteiger partial charge in [-0.2, -0.15) is 18.2 Å². The van der Waals surface area contributed by atoms with E-state index in [0.717, 1.165) is 29.2 Å². The van der Waals surface area contributed by atoms with E-state index in [2.05, 4.69) is 25.6 Å². The van der Waals surface area contributed by atoms with Gasteiger partial charge in [-0.05, 0) is 48.9 Å². The number of urea groups is 1. The van der Waals surface area contributed by atoms with Crippen molar-refractivity contribution in [3.8, 4) is 0 Å². The number of benzene rings is 2. The molecule has 0 fully saturated rings. The van der Waals surface area contributed by atoms with Gasteiger partial charge in [-0.3, -0.25) is 14.6 Å². The smallest absolute Gasteiger partial charge is 0.363 e. The summed E-state index contributed by atoms with van der Waals surface area (Å²) in [5.74, 6) is 0.809. The van der Waals surface area contributed by atoms with Gasteiger partial charge in [0, 0.05) is 62.1 Å². The molecule has 0 radical (unpaired) electrons. The molecule has 42 heavy (non-hydrogen) atoms. The number of nitrogens with one attached hydrogen (secondary N) is 2. The molecule has 1 aliphatic heterocycles. The largest absolute Gasteiger partial charge is 0.416 e. The number of aromatic nitrogens is 3. The fourth-order valence-electron chi connectivity index (χ4n) is 4.45. The summed E-state index contributed by atoms with van der Waals surface area (Å²) in [6.45, 7) is 1.99. The number of rotatable bonds is 6. The minimum atomic E-state index is -4.57. The van der Waals surface area contributed by atoms with Crippen molar-refractivity contribution in [1.29, 1.82) is 0 Å². The molecule has 0 spiro atoms. The van der Waals surface area contributed by atoms with E-state index >= 15 is 0 Å². The highest BCUT2D eigenvalue weighted by Gasteiger charge is 2.32. The fourth-order valence-corrected chi connectivity index (χ4v) is 4.45. The Morgan fingerprint density at radius 2 is 1.81 bits per heavy atom. The van der Waals surface area contributed by atoms with E-state index in [1.54, 1.807) is 43.7 Å². The lowest BCUT2D eigenvalue weighted by molar-refractivity contribution is -0.137. The van der Waals surface area contributed by atoms with Gasteiger partial charge in [0.05, 0.1) is 17.8 Å². The first-order chi connectivity index (χ1) is 19.9. The highest BCUT2D eigenvalue weighted by Crippen LogP contribution is 2.34. The molecule has 0 atom stereocenters. The lowest BCUT2D eigenvalue weighted by Crippen LogP contribution is -2.46. The summed E-state index contributed by atoms with van der Waals surface area (Å²) in [7, 11) is 5.38. The van der Waals surface area contributed by atoms with Crippen LogP contribution in [0.2, 0.25) is 0 Å². The number of pyridine rings is 1. The first kappa shape index (κ1) is 28.3. The molecular formula is C29H27F3N8O2. The summed E-state index contributed by atoms with van der Waals surface area (Å²) in [5.41, 5.74) is 1.98. The van der Waals surface area contributed by atoms with Gasteiger partial charge in [0.1, 0.15) is 11.6 Å². The van der Waals surface area contributed by atoms with Gasteiger partial charge in [0.2, 0.25) is 5.95 Å². The molecule has 216 valence electrons. The van der Waals surface area contributed by atoms with Crippen LogP contribution < -0.4 is 25.3 Å². The van der Waals surface area contributed by atoms with E-state index in [4.69, 9.17) is 0 Å². The SMILES string of the molecule is Cc1ccc(NC(=O)c2cccc(C(F)(F)F)c2)cc1N1Cc2cnc(Nc3ccnc(N(C)C)c3)nc2N(C)C1=O. The van der Waals surface area contributed by atoms with Gasteiger partial charge >= 0.3 is 12.2 Å². The molecule has 10 nitrogen and oxygen atoms in total. The van der Waals surface area contributed by atoms with Gasteiger partial charge in [0.25, 0.3) is 5.91 Å². The number of fused-ring (bicyclic) bond motifs is 1. The third-order valence-corrected chi connectivity index (χ3v) is 6.68. The molecule has 13 heteroatoms. The quantitative estimate of drug-likeness (QED) is 0.297. The van der Waals surface area contributed by atoms with Crippen LogP contribution in [0.5, 0.6) is 0 Å². The first-order valence-corrected chi connectivity index (χ1v) is 12.8. The van der Waals surface area contributed by atoms with Gasteiger partial charge in [-0.15, -0.1) is 0 Å². The summed E-state index contributed by atoms with van der Waals surface area (Å²) >= 11 is 0. The first-order valence-electron chi connectivity index (χ1n) is 12.8. The van der Waals surface area contributed by atoms with Gasteiger partial charge in [0.15, 0.2) is 0 Å². The Hall–Kier alpha value is -5.20. The van der Waals surface area contributed by atoms with Crippen LogP contribution in [0.3, 0.4) is 0 Å². The van der Waals surface area contributed by atoms with E-state index < -0.39 is 17.6 Å². The monoisotopic (exact) mass is 576 g/mol. The second kappa shape index (κ2) is 11.0. The van der Waals surface area contributed by atoms with Crippen LogP contribution in [-0.4, -0.2) is 48.0 Å². The number of amides is 3. The summed E-state index contributed by atoms with van der Waals surface area (Å²) in [5, 5.41) is 5.78. The Kier molecular flexibility index (Phi) is 7.42. The number of hydrogen-bond acceptors (Lipinski definition) is 7. The van der Waals surface area contributed by atoms with E-state index in [1.807, 2.05) is 32.0 Å². The number of hydrogen-bond donors (Lipinski definition) is 2. The van der Waals surface area contributed by atoms with Crippen molar-refractivity contribution in [2.45, 2.75) is 19.6 Å². The zero-order valence-corrected chi connectivity index (χ0v) is 23.2. The normalized spacial score (nSPS) is 13.1. The molecule has 0 unspecified atom stereocenters. The Labute approximate surface area is 239 Å². The zero-order chi connectivity index (χ0) is 30.2. The van der Waals surface area contributed by atoms with Crippen molar-refractivity contribution in [3.05, 3.63) is 89.2 Å². The molecule has 2 aromatic carbocycles. The maximum Gasteiger partial charge on any atom is 0.416 e. The summed E-state index contributed by atoms with van der Waals surface area (Å²) in [4.78, 5) is 44.3. The Morgan fingerprint density at radius 3 is 2.55 bits per heavy atom. The second-order valence-electron chi connectivity index (χ2n) is 9.93. The number of aryl methyl sites for hydroxylation is 1. The number of alkyl halides is 3. The van der Waals surface area contributed by atoms with Crippen LogP contribution in [-0.2, 0) is 12.7 Å². The average molecular weight is 577 g/mol. The maximum absolute atomic E-state index is 13.5. The number of carbonyl (C=O) groups is 2. The molecule has 5 rings (SSSR count). The van der Waals surface area contributed by atoms with Crippen LogP contribution in [0.25, 0.3) is 0 Å². The topological polar surface area (TPSA) is 107 Å². The Bertz CT molecular complexity index is 1680. The highest BCUT2D eigenvalue weighted by molar-refractivity contribution is 6.07. The molecule has 3 amide bonds. The standard InChI is InChI=1S/C29H27F3N8O2/c1-17-8-9-21(35-26(41)18-6-5-7-20(12-18)29(30,31)32)13-23(17)40-16-19-15-34-27(37-25(19)39(4)28(40)42)36-22-10-11-33-24(14-22)38(2)3/h5-15H,16H2,1-4H3,(H,35,41)(H,33,34,36,37). The molecule has 3 heterocycles. The predicted molar refractivity (Wildman–Crippen MR) is 154 cm³/mol. The van der Waals surface area contributed by atoms with E-state index in [0.29, 0.717) is 28.7 Å². The van der Waals surface area contributed by atoms with Gasteiger partial charge in [-0.25, -0.2) is 14.8 Å². The summed E-state index contributed by atoms with van der Waals surface area (Å²) in [6, 6.07) is 12.4. The molecule has 4 aromatic rings. The molecule has 0 saturated carbocycles. The van der Waals surface area contributed by atoms with Gasteiger partial charge < -0.3 is 15.5 Å². The molecular weight excluding hydrogens is 549 g/mol. The van der Waals surface area contributed by atoms with E-state index in [1.165, 1.54) is 21.9 Å². The number of halogens is 3. The van der Waals surface area contributed by atoms with Crippen molar-refractivity contribution < 1.29 is 22.8 Å². The Morgan fingerprint density at radius 1 is 1.02 bits per heavy atom.